The fourth-order valence-electron chi connectivity index (χ4n) is 3.22. The topological polar surface area (TPSA) is 60.9 Å². The predicted molar refractivity (Wildman–Crippen MR) is 101 cm³/mol. The van der Waals surface area contributed by atoms with Crippen molar-refractivity contribution in [1.82, 2.24) is 9.80 Å². The first-order chi connectivity index (χ1) is 11.7. The van der Waals surface area contributed by atoms with Crippen LogP contribution in [0.3, 0.4) is 0 Å². The van der Waals surface area contributed by atoms with Gasteiger partial charge in [0.05, 0.1) is 11.9 Å². The van der Waals surface area contributed by atoms with E-state index in [1.54, 1.807) is 0 Å². The molecule has 140 valence electrons. The summed E-state index contributed by atoms with van der Waals surface area (Å²) in [6, 6.07) is 5.67. The van der Waals surface area contributed by atoms with Crippen LogP contribution in [0.1, 0.15) is 24.5 Å². The zero-order chi connectivity index (χ0) is 18.6. The number of hydrogen-bond acceptors (Lipinski definition) is 4. The molecule has 0 unspecified atom stereocenters. The Labute approximate surface area is 151 Å². The molecule has 0 atom stereocenters. The second-order valence-electron chi connectivity index (χ2n) is 6.69. The molecule has 0 N–H and O–H groups in total. The Morgan fingerprint density at radius 2 is 1.80 bits per heavy atom. The van der Waals surface area contributed by atoms with E-state index in [2.05, 4.69) is 11.8 Å². The molecule has 25 heavy (non-hydrogen) atoms. The van der Waals surface area contributed by atoms with Gasteiger partial charge < -0.3 is 9.80 Å². The summed E-state index contributed by atoms with van der Waals surface area (Å²) in [6.45, 7) is 10.4. The normalized spacial score (nSPS) is 16.1. The molecule has 1 aromatic carbocycles. The molecule has 7 heteroatoms. The molecule has 1 aromatic rings. The highest BCUT2D eigenvalue weighted by atomic mass is 32.2. The molecule has 1 aliphatic heterocycles. The van der Waals surface area contributed by atoms with Crippen LogP contribution in [0.5, 0.6) is 0 Å². The quantitative estimate of drug-likeness (QED) is 0.767. The Hall–Kier alpha value is -1.60. The average molecular weight is 368 g/mol. The summed E-state index contributed by atoms with van der Waals surface area (Å²) in [7, 11) is -3.44. The Kier molecular flexibility index (Phi) is 6.46. The average Bonchev–Trinajstić information content (AvgIpc) is 2.55. The summed E-state index contributed by atoms with van der Waals surface area (Å²) >= 11 is 0. The minimum Gasteiger partial charge on any atom is -0.340 e. The van der Waals surface area contributed by atoms with E-state index in [0.29, 0.717) is 5.69 Å². The maximum atomic E-state index is 12.5. The first kappa shape index (κ1) is 19.7. The molecule has 0 aliphatic carbocycles. The summed E-state index contributed by atoms with van der Waals surface area (Å²) in [5.41, 5.74) is 2.63. The van der Waals surface area contributed by atoms with Crippen LogP contribution in [0.25, 0.3) is 0 Å². The van der Waals surface area contributed by atoms with Gasteiger partial charge in [0, 0.05) is 39.1 Å². The van der Waals surface area contributed by atoms with E-state index < -0.39 is 10.0 Å². The van der Waals surface area contributed by atoms with Crippen LogP contribution in [0, 0.1) is 13.8 Å². The summed E-state index contributed by atoms with van der Waals surface area (Å²) in [6.07, 6.45) is 1.39. The molecule has 2 rings (SSSR count). The third kappa shape index (κ3) is 5.19. The number of rotatable bonds is 6. The van der Waals surface area contributed by atoms with E-state index in [-0.39, 0.29) is 18.9 Å². The van der Waals surface area contributed by atoms with Gasteiger partial charge in [0.2, 0.25) is 15.9 Å². The van der Waals surface area contributed by atoms with Crippen LogP contribution in [0.15, 0.2) is 18.2 Å². The van der Waals surface area contributed by atoms with Crippen molar-refractivity contribution >= 4 is 21.6 Å². The molecule has 1 heterocycles. The molecule has 1 aliphatic rings. The number of amides is 1. The number of hydrogen-bond donors (Lipinski definition) is 0. The monoisotopic (exact) mass is 367 g/mol. The molecular weight excluding hydrogens is 338 g/mol. The van der Waals surface area contributed by atoms with Crippen LogP contribution in [0.4, 0.5) is 5.69 Å². The Morgan fingerprint density at radius 3 is 2.32 bits per heavy atom. The number of sulfonamides is 1. The number of anilines is 1. The van der Waals surface area contributed by atoms with Gasteiger partial charge in [0.1, 0.15) is 0 Å². The summed E-state index contributed by atoms with van der Waals surface area (Å²) in [5, 5.41) is 0. The van der Waals surface area contributed by atoms with Gasteiger partial charge in [0.15, 0.2) is 0 Å². The van der Waals surface area contributed by atoms with Gasteiger partial charge in [0.25, 0.3) is 0 Å². The maximum Gasteiger partial charge on any atom is 0.232 e. The minimum atomic E-state index is -3.44. The van der Waals surface area contributed by atoms with Gasteiger partial charge in [-0.15, -0.1) is 0 Å². The Morgan fingerprint density at radius 1 is 1.16 bits per heavy atom. The van der Waals surface area contributed by atoms with E-state index in [0.717, 1.165) is 43.9 Å². The third-order valence-corrected chi connectivity index (χ3v) is 5.90. The molecular formula is C18H29N3O3S. The number of carbonyl (C=O) groups is 1. The molecule has 0 spiro atoms. The smallest absolute Gasteiger partial charge is 0.232 e. The Bertz CT molecular complexity index is 710. The Balaban J connectivity index is 2.05. The van der Waals surface area contributed by atoms with Gasteiger partial charge in [-0.1, -0.05) is 24.6 Å². The minimum absolute atomic E-state index is 0.0224. The van der Waals surface area contributed by atoms with E-state index in [9.17, 15) is 13.2 Å². The number of nitrogens with zero attached hydrogens (tertiary/aromatic N) is 3. The molecule has 0 radical (unpaired) electrons. The van der Waals surface area contributed by atoms with Crippen LogP contribution >= 0.6 is 0 Å². The molecule has 0 bridgehead atoms. The number of likely N-dealkylation sites (N-methyl/N-ethyl adjacent to an activating group) is 1. The van der Waals surface area contributed by atoms with Gasteiger partial charge in [-0.05, 0) is 32.0 Å². The van der Waals surface area contributed by atoms with Crippen molar-refractivity contribution in [1.29, 1.82) is 0 Å². The third-order valence-electron chi connectivity index (χ3n) is 4.72. The SMILES string of the molecule is CCN1CCN(C(=O)CCN(c2ccc(C)cc2C)S(C)(=O)=O)CC1. The lowest BCUT2D eigenvalue weighted by molar-refractivity contribution is -0.132. The highest BCUT2D eigenvalue weighted by Gasteiger charge is 2.24. The summed E-state index contributed by atoms with van der Waals surface area (Å²) in [5.74, 6) is 0.0224. The van der Waals surface area contributed by atoms with Crippen molar-refractivity contribution in [3.8, 4) is 0 Å². The molecule has 1 fully saturated rings. The zero-order valence-electron chi connectivity index (χ0n) is 15.7. The lowest BCUT2D eigenvalue weighted by Gasteiger charge is -2.34. The first-order valence-electron chi connectivity index (χ1n) is 8.77. The summed E-state index contributed by atoms with van der Waals surface area (Å²) < 4.78 is 25.8. The standard InChI is InChI=1S/C18H29N3O3S/c1-5-19-10-12-20(13-11-19)18(22)8-9-21(25(4,23)24)17-7-6-15(2)14-16(17)3/h6-7,14H,5,8-13H2,1-4H3. The molecule has 0 saturated carbocycles. The van der Waals surface area contributed by atoms with E-state index >= 15 is 0 Å². The number of aryl methyl sites for hydroxylation is 2. The highest BCUT2D eigenvalue weighted by Crippen LogP contribution is 2.24. The number of piperazine rings is 1. The van der Waals surface area contributed by atoms with Crippen molar-refractivity contribution in [2.75, 3.05) is 49.8 Å². The molecule has 6 nitrogen and oxygen atoms in total. The van der Waals surface area contributed by atoms with Crippen molar-refractivity contribution in [2.24, 2.45) is 0 Å². The lowest BCUT2D eigenvalue weighted by atomic mass is 10.1. The van der Waals surface area contributed by atoms with Crippen LogP contribution in [-0.2, 0) is 14.8 Å². The van der Waals surface area contributed by atoms with Crippen LogP contribution < -0.4 is 4.31 Å². The second kappa shape index (κ2) is 8.19. The molecule has 1 saturated heterocycles. The predicted octanol–water partition coefficient (Wildman–Crippen LogP) is 1.62. The van der Waals surface area contributed by atoms with E-state index in [1.165, 1.54) is 10.6 Å². The maximum absolute atomic E-state index is 12.5. The van der Waals surface area contributed by atoms with Gasteiger partial charge in [-0.3, -0.25) is 9.10 Å². The van der Waals surface area contributed by atoms with Gasteiger partial charge in [-0.25, -0.2) is 8.42 Å². The first-order valence-corrected chi connectivity index (χ1v) is 10.6. The molecule has 1 amide bonds. The molecule has 0 aromatic heterocycles. The van der Waals surface area contributed by atoms with Crippen molar-refractivity contribution in [3.05, 3.63) is 29.3 Å². The second-order valence-corrected chi connectivity index (χ2v) is 8.60. The van der Waals surface area contributed by atoms with Crippen LogP contribution in [-0.4, -0.2) is 69.6 Å². The van der Waals surface area contributed by atoms with Crippen LogP contribution in [0.2, 0.25) is 0 Å². The highest BCUT2D eigenvalue weighted by molar-refractivity contribution is 7.92. The fourth-order valence-corrected chi connectivity index (χ4v) is 4.20. The van der Waals surface area contributed by atoms with Gasteiger partial charge in [-0.2, -0.15) is 0 Å². The largest absolute Gasteiger partial charge is 0.340 e. The van der Waals surface area contributed by atoms with Gasteiger partial charge >= 0.3 is 0 Å². The summed E-state index contributed by atoms with van der Waals surface area (Å²) in [4.78, 5) is 16.6. The van der Waals surface area contributed by atoms with E-state index in [4.69, 9.17) is 0 Å². The number of benzene rings is 1. The van der Waals surface area contributed by atoms with E-state index in [1.807, 2.05) is 36.9 Å². The van der Waals surface area contributed by atoms with Crippen molar-refractivity contribution in [3.63, 3.8) is 0 Å². The number of carbonyl (C=O) groups excluding carboxylic acids is 1. The van der Waals surface area contributed by atoms with Crippen molar-refractivity contribution in [2.45, 2.75) is 27.2 Å². The zero-order valence-corrected chi connectivity index (χ0v) is 16.5. The van der Waals surface area contributed by atoms with Crippen molar-refractivity contribution < 1.29 is 13.2 Å². The lowest BCUT2D eigenvalue weighted by Crippen LogP contribution is -2.49. The fraction of sp³-hybridized carbons (Fsp3) is 0.611.